The van der Waals surface area contributed by atoms with E-state index in [1.165, 1.54) is 25.0 Å². The van der Waals surface area contributed by atoms with E-state index in [4.69, 9.17) is 0 Å². The van der Waals surface area contributed by atoms with Crippen molar-refractivity contribution in [2.45, 2.75) is 32.6 Å². The van der Waals surface area contributed by atoms with Crippen molar-refractivity contribution < 1.29 is 0 Å². The lowest BCUT2D eigenvalue weighted by Crippen LogP contribution is -2.21. The third-order valence-electron chi connectivity index (χ3n) is 2.64. The van der Waals surface area contributed by atoms with Crippen LogP contribution in [0.5, 0.6) is 0 Å². The molecule has 0 unspecified atom stereocenters. The number of nitrogens with zero attached hydrogens (tertiary/aromatic N) is 2. The van der Waals surface area contributed by atoms with Crippen LogP contribution >= 0.6 is 0 Å². The smallest absolute Gasteiger partial charge is 0.0266 e. The molecule has 0 saturated carbocycles. The normalized spacial score (nSPS) is 15.5. The summed E-state index contributed by atoms with van der Waals surface area (Å²) in [7, 11) is 2.20. The van der Waals surface area contributed by atoms with Crippen LogP contribution in [0.4, 0.5) is 0 Å². The van der Waals surface area contributed by atoms with Crippen molar-refractivity contribution in [3.05, 3.63) is 23.9 Å². The molecular formula is C13H22N2. The van der Waals surface area contributed by atoms with Gasteiger partial charge in [0.05, 0.1) is 0 Å². The Hall–Kier alpha value is -0.890. The van der Waals surface area contributed by atoms with Crippen molar-refractivity contribution in [3.8, 4) is 0 Å². The Morgan fingerprint density at radius 1 is 1.40 bits per heavy atom. The lowest BCUT2D eigenvalue weighted by Gasteiger charge is -2.16. The maximum atomic E-state index is 4.13. The summed E-state index contributed by atoms with van der Waals surface area (Å²) >= 11 is 0. The fourth-order valence-corrected chi connectivity index (χ4v) is 1.58. The average Bonchev–Trinajstić information content (AvgIpc) is 2.51. The third kappa shape index (κ3) is 5.53. The second-order valence-electron chi connectivity index (χ2n) is 4.07. The summed E-state index contributed by atoms with van der Waals surface area (Å²) < 4.78 is 0. The molecule has 1 rings (SSSR count). The van der Waals surface area contributed by atoms with Crippen molar-refractivity contribution in [2.24, 2.45) is 4.99 Å². The van der Waals surface area contributed by atoms with Gasteiger partial charge in [-0.2, -0.15) is 0 Å². The maximum absolute atomic E-state index is 4.13. The summed E-state index contributed by atoms with van der Waals surface area (Å²) in [5, 5.41) is 0. The van der Waals surface area contributed by atoms with Gasteiger partial charge in [-0.3, -0.25) is 4.99 Å². The fraction of sp³-hybridized carbons (Fsp3) is 0.615. The molecule has 2 nitrogen and oxygen atoms in total. The van der Waals surface area contributed by atoms with Crippen LogP contribution in [-0.4, -0.2) is 31.3 Å². The minimum absolute atomic E-state index is 0.973. The highest BCUT2D eigenvalue weighted by Crippen LogP contribution is 2.08. The molecule has 0 aliphatic carbocycles. The molecule has 0 bridgehead atoms. The molecule has 84 valence electrons. The topological polar surface area (TPSA) is 15.6 Å². The summed E-state index contributed by atoms with van der Waals surface area (Å²) in [4.78, 5) is 6.53. The van der Waals surface area contributed by atoms with Crippen LogP contribution in [-0.2, 0) is 0 Å². The van der Waals surface area contributed by atoms with Crippen LogP contribution < -0.4 is 0 Å². The molecule has 0 aromatic carbocycles. The van der Waals surface area contributed by atoms with Crippen molar-refractivity contribution in [1.82, 2.24) is 4.90 Å². The first-order chi connectivity index (χ1) is 7.33. The Labute approximate surface area is 93.4 Å². The van der Waals surface area contributed by atoms with E-state index in [1.807, 2.05) is 12.4 Å². The predicted molar refractivity (Wildman–Crippen MR) is 67.4 cm³/mol. The van der Waals surface area contributed by atoms with Gasteiger partial charge < -0.3 is 4.90 Å². The molecular weight excluding hydrogens is 184 g/mol. The van der Waals surface area contributed by atoms with Gasteiger partial charge in [0.25, 0.3) is 0 Å². The number of hydrogen-bond acceptors (Lipinski definition) is 2. The molecule has 0 aromatic rings. The van der Waals surface area contributed by atoms with E-state index in [-0.39, 0.29) is 0 Å². The summed E-state index contributed by atoms with van der Waals surface area (Å²) in [6.07, 6.45) is 12.9. The maximum Gasteiger partial charge on any atom is 0.0266 e. The first-order valence-corrected chi connectivity index (χ1v) is 5.88. The average molecular weight is 206 g/mol. The van der Waals surface area contributed by atoms with Crippen LogP contribution in [0.15, 0.2) is 28.9 Å². The zero-order chi connectivity index (χ0) is 10.9. The van der Waals surface area contributed by atoms with Crippen LogP contribution in [0.2, 0.25) is 0 Å². The Morgan fingerprint density at radius 2 is 2.27 bits per heavy atom. The molecule has 0 amide bonds. The number of allylic oxidation sites excluding steroid dienone is 2. The minimum atomic E-state index is 0.973. The Balaban J connectivity index is 2.21. The van der Waals surface area contributed by atoms with Gasteiger partial charge in [-0.15, -0.1) is 0 Å². The summed E-state index contributed by atoms with van der Waals surface area (Å²) in [6, 6.07) is 0. The largest absolute Gasteiger partial charge is 0.306 e. The molecule has 0 fully saturated rings. The molecule has 0 radical (unpaired) electrons. The molecule has 0 spiro atoms. The SMILES string of the molecule is CCCCN(C)CCC1=CCC=NC=C1. The second kappa shape index (κ2) is 7.41. The van der Waals surface area contributed by atoms with E-state index in [9.17, 15) is 0 Å². The van der Waals surface area contributed by atoms with Gasteiger partial charge in [0.15, 0.2) is 0 Å². The van der Waals surface area contributed by atoms with Gasteiger partial charge >= 0.3 is 0 Å². The van der Waals surface area contributed by atoms with Gasteiger partial charge in [0, 0.05) is 25.4 Å². The second-order valence-corrected chi connectivity index (χ2v) is 4.07. The summed E-state index contributed by atoms with van der Waals surface area (Å²) in [5.74, 6) is 0. The van der Waals surface area contributed by atoms with E-state index in [2.05, 4.69) is 36.0 Å². The number of aliphatic imine (C=N–C) groups is 1. The number of unbranched alkanes of at least 4 members (excludes halogenated alkanes) is 1. The van der Waals surface area contributed by atoms with Crippen LogP contribution in [0.3, 0.4) is 0 Å². The molecule has 1 heterocycles. The zero-order valence-electron chi connectivity index (χ0n) is 9.95. The Morgan fingerprint density at radius 3 is 3.07 bits per heavy atom. The molecule has 0 saturated heterocycles. The molecule has 2 heteroatoms. The lowest BCUT2D eigenvalue weighted by atomic mass is 10.1. The van der Waals surface area contributed by atoms with Crippen LogP contribution in [0.25, 0.3) is 0 Å². The van der Waals surface area contributed by atoms with Crippen molar-refractivity contribution >= 4 is 6.21 Å². The van der Waals surface area contributed by atoms with Crippen molar-refractivity contribution in [2.75, 3.05) is 20.1 Å². The minimum Gasteiger partial charge on any atom is -0.306 e. The van der Waals surface area contributed by atoms with Gasteiger partial charge in [-0.05, 0) is 38.1 Å². The molecule has 0 atom stereocenters. The van der Waals surface area contributed by atoms with Crippen molar-refractivity contribution in [3.63, 3.8) is 0 Å². The molecule has 1 aliphatic rings. The molecule has 0 N–H and O–H groups in total. The van der Waals surface area contributed by atoms with Crippen molar-refractivity contribution in [1.29, 1.82) is 0 Å². The van der Waals surface area contributed by atoms with E-state index < -0.39 is 0 Å². The summed E-state index contributed by atoms with van der Waals surface area (Å²) in [6.45, 7) is 4.60. The highest BCUT2D eigenvalue weighted by molar-refractivity contribution is 5.61. The van der Waals surface area contributed by atoms with Crippen LogP contribution in [0.1, 0.15) is 32.6 Å². The van der Waals surface area contributed by atoms with Gasteiger partial charge in [0.1, 0.15) is 0 Å². The summed E-state index contributed by atoms with van der Waals surface area (Å²) in [5.41, 5.74) is 1.41. The molecule has 1 aliphatic heterocycles. The Kier molecular flexibility index (Phi) is 6.02. The number of hydrogen-bond donors (Lipinski definition) is 0. The lowest BCUT2D eigenvalue weighted by molar-refractivity contribution is 0.332. The van der Waals surface area contributed by atoms with E-state index in [0.29, 0.717) is 0 Å². The monoisotopic (exact) mass is 206 g/mol. The number of rotatable bonds is 6. The van der Waals surface area contributed by atoms with E-state index >= 15 is 0 Å². The van der Waals surface area contributed by atoms with E-state index in [0.717, 1.165) is 19.4 Å². The zero-order valence-corrected chi connectivity index (χ0v) is 9.95. The molecule has 15 heavy (non-hydrogen) atoms. The third-order valence-corrected chi connectivity index (χ3v) is 2.64. The molecule has 0 aromatic heterocycles. The highest BCUT2D eigenvalue weighted by Gasteiger charge is 1.99. The van der Waals surface area contributed by atoms with Gasteiger partial charge in [-0.25, -0.2) is 0 Å². The fourth-order valence-electron chi connectivity index (χ4n) is 1.58. The van der Waals surface area contributed by atoms with Crippen LogP contribution in [0, 0.1) is 0 Å². The quantitative estimate of drug-likeness (QED) is 0.652. The van der Waals surface area contributed by atoms with E-state index in [1.54, 1.807) is 0 Å². The Bertz CT molecular complexity index is 251. The standard InChI is InChI=1S/C13H22N2/c1-3-4-11-15(2)12-8-13-6-5-9-14-10-7-13/h6-7,9-10H,3-5,8,11-12H2,1-2H3. The highest BCUT2D eigenvalue weighted by atomic mass is 15.1. The first-order valence-electron chi connectivity index (χ1n) is 5.88. The first kappa shape index (κ1) is 12.2. The van der Waals surface area contributed by atoms with Gasteiger partial charge in [0.2, 0.25) is 0 Å². The van der Waals surface area contributed by atoms with Gasteiger partial charge in [-0.1, -0.05) is 19.4 Å². The predicted octanol–water partition coefficient (Wildman–Crippen LogP) is 3.02.